The number of aliphatic carboxylic acids is 1. The predicted octanol–water partition coefficient (Wildman–Crippen LogP) is 3.41. The van der Waals surface area contributed by atoms with Crippen LogP contribution in [0.25, 0.3) is 0 Å². The molecule has 4 atom stereocenters. The van der Waals surface area contributed by atoms with Crippen molar-refractivity contribution >= 4 is 17.7 Å². The van der Waals surface area contributed by atoms with Gasteiger partial charge in [-0.25, -0.2) is 0 Å². The fourth-order valence-electron chi connectivity index (χ4n) is 2.18. The van der Waals surface area contributed by atoms with Crippen LogP contribution in [0.2, 0.25) is 0 Å². The third-order valence-corrected chi connectivity index (χ3v) is 5.23. The Labute approximate surface area is 96.8 Å². The van der Waals surface area contributed by atoms with Crippen LogP contribution in [-0.2, 0) is 4.79 Å². The Morgan fingerprint density at radius 3 is 2.53 bits per heavy atom. The fourth-order valence-corrected chi connectivity index (χ4v) is 3.64. The van der Waals surface area contributed by atoms with E-state index in [1.165, 1.54) is 19.3 Å². The van der Waals surface area contributed by atoms with Crippen LogP contribution in [0, 0.1) is 11.8 Å². The summed E-state index contributed by atoms with van der Waals surface area (Å²) < 4.78 is 0. The van der Waals surface area contributed by atoms with Crippen LogP contribution in [-0.4, -0.2) is 21.6 Å². The van der Waals surface area contributed by atoms with Gasteiger partial charge in [0.2, 0.25) is 0 Å². The van der Waals surface area contributed by atoms with Crippen LogP contribution in [0.4, 0.5) is 0 Å². The van der Waals surface area contributed by atoms with Crippen molar-refractivity contribution in [3.05, 3.63) is 0 Å². The number of carbonyl (C=O) groups is 1. The lowest BCUT2D eigenvalue weighted by Crippen LogP contribution is -2.26. The zero-order valence-electron chi connectivity index (χ0n) is 9.90. The molecule has 0 spiro atoms. The van der Waals surface area contributed by atoms with Gasteiger partial charge in [0.25, 0.3) is 0 Å². The van der Waals surface area contributed by atoms with E-state index < -0.39 is 5.97 Å². The first kappa shape index (κ1) is 12.9. The lowest BCUT2D eigenvalue weighted by molar-refractivity contribution is -0.136. The molecule has 0 amide bonds. The molecule has 1 rings (SSSR count). The van der Waals surface area contributed by atoms with Crippen molar-refractivity contribution in [3.63, 3.8) is 0 Å². The second-order valence-corrected chi connectivity index (χ2v) is 6.27. The zero-order valence-corrected chi connectivity index (χ0v) is 10.7. The van der Waals surface area contributed by atoms with Crippen molar-refractivity contribution in [2.24, 2.45) is 11.8 Å². The number of hydrogen-bond donors (Lipinski definition) is 1. The number of carboxylic acids is 1. The van der Waals surface area contributed by atoms with Crippen LogP contribution < -0.4 is 0 Å². The van der Waals surface area contributed by atoms with Crippen molar-refractivity contribution in [2.75, 3.05) is 0 Å². The number of rotatable bonds is 4. The van der Waals surface area contributed by atoms with Gasteiger partial charge in [-0.1, -0.05) is 20.8 Å². The van der Waals surface area contributed by atoms with Crippen molar-refractivity contribution < 1.29 is 9.90 Å². The molecule has 0 saturated heterocycles. The molecule has 0 aliphatic heterocycles. The van der Waals surface area contributed by atoms with Crippen LogP contribution in [0.3, 0.4) is 0 Å². The highest BCUT2D eigenvalue weighted by Gasteiger charge is 2.28. The average molecular weight is 230 g/mol. The summed E-state index contributed by atoms with van der Waals surface area (Å²) in [6.45, 7) is 6.56. The van der Waals surface area contributed by atoms with Crippen LogP contribution in [0.5, 0.6) is 0 Å². The molecule has 1 saturated carbocycles. The number of carboxylic acid groups (broad SMARTS) is 1. The van der Waals surface area contributed by atoms with E-state index >= 15 is 0 Å². The van der Waals surface area contributed by atoms with E-state index in [-0.39, 0.29) is 5.25 Å². The molecular weight excluding hydrogens is 208 g/mol. The van der Waals surface area contributed by atoms with Crippen molar-refractivity contribution in [1.82, 2.24) is 0 Å². The quantitative estimate of drug-likeness (QED) is 0.804. The lowest BCUT2D eigenvalue weighted by Gasteiger charge is -2.32. The maximum absolute atomic E-state index is 10.9. The smallest absolute Gasteiger partial charge is 0.316 e. The van der Waals surface area contributed by atoms with E-state index in [1.54, 1.807) is 11.8 Å². The van der Waals surface area contributed by atoms with Crippen molar-refractivity contribution in [1.29, 1.82) is 0 Å². The standard InChI is InChI=1S/C12H22O2S/c1-4-11(12(13)14)15-10-6-5-8(2)9(3)7-10/h8-11H,4-7H2,1-3H3,(H,13,14). The van der Waals surface area contributed by atoms with Gasteiger partial charge >= 0.3 is 5.97 Å². The van der Waals surface area contributed by atoms with Gasteiger partial charge in [0.15, 0.2) is 0 Å². The number of hydrogen-bond acceptors (Lipinski definition) is 2. The molecule has 15 heavy (non-hydrogen) atoms. The molecule has 1 aliphatic rings. The molecule has 0 radical (unpaired) electrons. The van der Waals surface area contributed by atoms with Gasteiger partial charge in [-0.05, 0) is 37.5 Å². The third kappa shape index (κ3) is 3.71. The lowest BCUT2D eigenvalue weighted by atomic mass is 9.81. The zero-order chi connectivity index (χ0) is 11.4. The first-order valence-corrected chi connectivity index (χ1v) is 6.87. The molecule has 2 nitrogen and oxygen atoms in total. The maximum Gasteiger partial charge on any atom is 0.316 e. The van der Waals surface area contributed by atoms with E-state index in [9.17, 15) is 4.79 Å². The van der Waals surface area contributed by atoms with E-state index in [1.807, 2.05) is 6.92 Å². The van der Waals surface area contributed by atoms with Crippen molar-refractivity contribution in [3.8, 4) is 0 Å². The molecule has 0 aromatic heterocycles. The summed E-state index contributed by atoms with van der Waals surface area (Å²) in [4.78, 5) is 10.9. The Bertz CT molecular complexity index is 218. The fraction of sp³-hybridized carbons (Fsp3) is 0.917. The molecule has 1 aliphatic carbocycles. The van der Waals surface area contributed by atoms with Gasteiger partial charge in [-0.3, -0.25) is 4.79 Å². The Balaban J connectivity index is 2.42. The Morgan fingerprint density at radius 1 is 1.40 bits per heavy atom. The molecule has 0 bridgehead atoms. The predicted molar refractivity (Wildman–Crippen MR) is 65.3 cm³/mol. The Kier molecular flexibility index (Phi) is 4.97. The normalized spacial score (nSPS) is 33.7. The summed E-state index contributed by atoms with van der Waals surface area (Å²) in [7, 11) is 0. The Hall–Kier alpha value is -0.180. The first-order valence-electron chi connectivity index (χ1n) is 5.92. The molecule has 1 N–H and O–H groups in total. The van der Waals surface area contributed by atoms with Gasteiger partial charge in [-0.2, -0.15) is 0 Å². The minimum absolute atomic E-state index is 0.199. The second-order valence-electron chi connectivity index (χ2n) is 4.76. The van der Waals surface area contributed by atoms with E-state index in [2.05, 4.69) is 13.8 Å². The van der Waals surface area contributed by atoms with Gasteiger partial charge in [0.1, 0.15) is 5.25 Å². The molecule has 4 unspecified atom stereocenters. The van der Waals surface area contributed by atoms with Gasteiger partial charge in [0.05, 0.1) is 0 Å². The summed E-state index contributed by atoms with van der Waals surface area (Å²) in [5.74, 6) is 0.920. The summed E-state index contributed by atoms with van der Waals surface area (Å²) in [6, 6.07) is 0. The SMILES string of the molecule is CCC(SC1CCC(C)C(C)C1)C(=O)O. The summed E-state index contributed by atoms with van der Waals surface area (Å²) in [5, 5.41) is 9.37. The largest absolute Gasteiger partial charge is 0.480 e. The highest BCUT2D eigenvalue weighted by Crippen LogP contribution is 2.37. The monoisotopic (exact) mass is 230 g/mol. The van der Waals surface area contributed by atoms with Gasteiger partial charge in [0, 0.05) is 5.25 Å². The minimum atomic E-state index is -0.645. The highest BCUT2D eigenvalue weighted by atomic mass is 32.2. The van der Waals surface area contributed by atoms with Crippen molar-refractivity contribution in [2.45, 2.75) is 57.0 Å². The van der Waals surface area contributed by atoms with Gasteiger partial charge < -0.3 is 5.11 Å². The van der Waals surface area contributed by atoms with Crippen LogP contribution in [0.1, 0.15) is 46.5 Å². The highest BCUT2D eigenvalue weighted by molar-refractivity contribution is 8.01. The summed E-state index contributed by atoms with van der Waals surface area (Å²) >= 11 is 1.68. The topological polar surface area (TPSA) is 37.3 Å². The molecule has 1 fully saturated rings. The first-order chi connectivity index (χ1) is 7.04. The van der Waals surface area contributed by atoms with Gasteiger partial charge in [-0.15, -0.1) is 11.8 Å². The number of thioether (sulfide) groups is 1. The summed E-state index contributed by atoms with van der Waals surface area (Å²) in [5.41, 5.74) is 0. The summed E-state index contributed by atoms with van der Waals surface area (Å²) in [6.07, 6.45) is 4.38. The molecule has 0 aromatic rings. The average Bonchev–Trinajstić information content (AvgIpc) is 2.19. The third-order valence-electron chi connectivity index (χ3n) is 3.55. The van der Waals surface area contributed by atoms with E-state index in [0.717, 1.165) is 18.3 Å². The molecule has 3 heteroatoms. The van der Waals surface area contributed by atoms with E-state index in [0.29, 0.717) is 5.25 Å². The molecule has 88 valence electrons. The van der Waals surface area contributed by atoms with Crippen LogP contribution >= 0.6 is 11.8 Å². The van der Waals surface area contributed by atoms with E-state index in [4.69, 9.17) is 5.11 Å². The molecular formula is C12H22O2S. The minimum Gasteiger partial charge on any atom is -0.480 e. The maximum atomic E-state index is 10.9. The Morgan fingerprint density at radius 2 is 2.07 bits per heavy atom. The molecule has 0 aromatic carbocycles. The second kappa shape index (κ2) is 5.78. The van der Waals surface area contributed by atoms with Crippen LogP contribution in [0.15, 0.2) is 0 Å². The molecule has 0 heterocycles.